The fourth-order valence-corrected chi connectivity index (χ4v) is 2.37. The third-order valence-electron chi connectivity index (χ3n) is 3.28. The van der Waals surface area contributed by atoms with Gasteiger partial charge in [-0.3, -0.25) is 4.68 Å². The summed E-state index contributed by atoms with van der Waals surface area (Å²) in [5, 5.41) is 7.73. The van der Waals surface area contributed by atoms with Gasteiger partial charge in [0.2, 0.25) is 0 Å². The Morgan fingerprint density at radius 1 is 1.21 bits per heavy atom. The SMILES string of the molecule is Cc1ccccc1C[C@H](C)N[C@H](C)Cn1cncn1. The fourth-order valence-electron chi connectivity index (χ4n) is 2.37. The highest BCUT2D eigenvalue weighted by Gasteiger charge is 2.10. The van der Waals surface area contributed by atoms with Gasteiger partial charge in [-0.1, -0.05) is 24.3 Å². The number of aromatic nitrogens is 3. The summed E-state index contributed by atoms with van der Waals surface area (Å²) in [5.41, 5.74) is 2.77. The number of hydrogen-bond donors (Lipinski definition) is 1. The summed E-state index contributed by atoms with van der Waals surface area (Å²) < 4.78 is 1.86. The van der Waals surface area contributed by atoms with Crippen LogP contribution >= 0.6 is 0 Å². The predicted octanol–water partition coefficient (Wildman–Crippen LogP) is 2.20. The Hall–Kier alpha value is -1.68. The molecule has 19 heavy (non-hydrogen) atoms. The molecule has 4 heteroatoms. The van der Waals surface area contributed by atoms with E-state index in [1.54, 1.807) is 12.7 Å². The molecule has 0 bridgehead atoms. The summed E-state index contributed by atoms with van der Waals surface area (Å²) in [6, 6.07) is 9.38. The van der Waals surface area contributed by atoms with E-state index in [4.69, 9.17) is 0 Å². The van der Waals surface area contributed by atoms with Crippen LogP contribution in [0, 0.1) is 6.92 Å². The van der Waals surface area contributed by atoms with Crippen LogP contribution in [-0.4, -0.2) is 26.8 Å². The van der Waals surface area contributed by atoms with Crippen molar-refractivity contribution >= 4 is 0 Å². The molecule has 0 saturated heterocycles. The van der Waals surface area contributed by atoms with Crippen molar-refractivity contribution in [2.24, 2.45) is 0 Å². The molecule has 102 valence electrons. The second-order valence-corrected chi connectivity index (χ2v) is 5.22. The minimum atomic E-state index is 0.376. The molecule has 1 aromatic heterocycles. The molecule has 4 nitrogen and oxygen atoms in total. The molecule has 0 aliphatic carbocycles. The van der Waals surface area contributed by atoms with E-state index in [0.29, 0.717) is 12.1 Å². The Bertz CT molecular complexity index is 493. The van der Waals surface area contributed by atoms with E-state index in [9.17, 15) is 0 Å². The highest BCUT2D eigenvalue weighted by atomic mass is 15.3. The first-order chi connectivity index (χ1) is 9.15. The maximum atomic E-state index is 4.13. The van der Waals surface area contributed by atoms with E-state index in [1.165, 1.54) is 11.1 Å². The zero-order valence-corrected chi connectivity index (χ0v) is 11.9. The summed E-state index contributed by atoms with van der Waals surface area (Å²) in [6.07, 6.45) is 4.38. The summed E-state index contributed by atoms with van der Waals surface area (Å²) in [7, 11) is 0. The highest BCUT2D eigenvalue weighted by Crippen LogP contribution is 2.10. The Labute approximate surface area is 114 Å². The van der Waals surface area contributed by atoms with Crippen LogP contribution in [0.5, 0.6) is 0 Å². The van der Waals surface area contributed by atoms with Gasteiger partial charge in [-0.05, 0) is 38.3 Å². The predicted molar refractivity (Wildman–Crippen MR) is 77.0 cm³/mol. The molecule has 2 aromatic rings. The number of benzene rings is 1. The maximum Gasteiger partial charge on any atom is 0.137 e. The Kier molecular flexibility index (Phi) is 4.68. The smallest absolute Gasteiger partial charge is 0.137 e. The van der Waals surface area contributed by atoms with E-state index in [-0.39, 0.29) is 0 Å². The zero-order valence-electron chi connectivity index (χ0n) is 11.9. The summed E-state index contributed by atoms with van der Waals surface area (Å²) in [5.74, 6) is 0. The highest BCUT2D eigenvalue weighted by molar-refractivity contribution is 5.26. The molecule has 0 spiro atoms. The molecular weight excluding hydrogens is 236 g/mol. The summed E-state index contributed by atoms with van der Waals surface area (Å²) in [4.78, 5) is 3.96. The molecule has 1 N–H and O–H groups in total. The number of hydrogen-bond acceptors (Lipinski definition) is 3. The molecule has 2 rings (SSSR count). The van der Waals surface area contributed by atoms with Crippen molar-refractivity contribution in [2.45, 2.75) is 45.8 Å². The molecule has 1 heterocycles. The summed E-state index contributed by atoms with van der Waals surface area (Å²) in [6.45, 7) is 7.42. The maximum absolute atomic E-state index is 4.13. The third-order valence-corrected chi connectivity index (χ3v) is 3.28. The molecule has 0 saturated carbocycles. The lowest BCUT2D eigenvalue weighted by atomic mass is 10.0. The molecule has 2 atom stereocenters. The first-order valence-electron chi connectivity index (χ1n) is 6.78. The van der Waals surface area contributed by atoms with Crippen molar-refractivity contribution in [3.63, 3.8) is 0 Å². The third kappa shape index (κ3) is 4.17. The normalized spacial score (nSPS) is 14.3. The van der Waals surface area contributed by atoms with Gasteiger partial charge >= 0.3 is 0 Å². The van der Waals surface area contributed by atoms with E-state index >= 15 is 0 Å². The standard InChI is InChI=1S/C15H22N4/c1-12-6-4-5-7-15(12)8-13(2)18-14(3)9-19-11-16-10-17-19/h4-7,10-11,13-14,18H,8-9H2,1-3H3/t13-,14+/m0/s1. The largest absolute Gasteiger partial charge is 0.310 e. The number of nitrogens with zero attached hydrogens (tertiary/aromatic N) is 3. The lowest BCUT2D eigenvalue weighted by molar-refractivity contribution is 0.405. The average molecular weight is 258 g/mol. The van der Waals surface area contributed by atoms with E-state index in [1.807, 2.05) is 4.68 Å². The molecule has 0 amide bonds. The average Bonchev–Trinajstić information content (AvgIpc) is 2.84. The fraction of sp³-hybridized carbons (Fsp3) is 0.467. The van der Waals surface area contributed by atoms with Crippen molar-refractivity contribution in [1.82, 2.24) is 20.1 Å². The van der Waals surface area contributed by atoms with Gasteiger partial charge in [-0.2, -0.15) is 5.10 Å². The molecule has 0 unspecified atom stereocenters. The van der Waals surface area contributed by atoms with Gasteiger partial charge in [0.15, 0.2) is 0 Å². The van der Waals surface area contributed by atoms with Gasteiger partial charge in [0.25, 0.3) is 0 Å². The second-order valence-electron chi connectivity index (χ2n) is 5.22. The molecule has 0 fully saturated rings. The van der Waals surface area contributed by atoms with E-state index in [2.05, 4.69) is 60.4 Å². The summed E-state index contributed by atoms with van der Waals surface area (Å²) >= 11 is 0. The van der Waals surface area contributed by atoms with Crippen LogP contribution in [-0.2, 0) is 13.0 Å². The first-order valence-corrected chi connectivity index (χ1v) is 6.78. The molecule has 0 aliphatic heterocycles. The van der Waals surface area contributed by atoms with Crippen LogP contribution < -0.4 is 5.32 Å². The molecular formula is C15H22N4. The van der Waals surface area contributed by atoms with Crippen LogP contribution in [0.2, 0.25) is 0 Å². The second kappa shape index (κ2) is 6.48. The lowest BCUT2D eigenvalue weighted by Gasteiger charge is -2.20. The Morgan fingerprint density at radius 3 is 2.68 bits per heavy atom. The lowest BCUT2D eigenvalue weighted by Crippen LogP contribution is -2.38. The zero-order chi connectivity index (χ0) is 13.7. The van der Waals surface area contributed by atoms with Crippen molar-refractivity contribution in [3.05, 3.63) is 48.0 Å². The van der Waals surface area contributed by atoms with Crippen LogP contribution in [0.1, 0.15) is 25.0 Å². The molecule has 1 aromatic carbocycles. The quantitative estimate of drug-likeness (QED) is 0.863. The minimum absolute atomic E-state index is 0.376. The number of rotatable bonds is 6. The van der Waals surface area contributed by atoms with Crippen LogP contribution in [0.15, 0.2) is 36.9 Å². The van der Waals surface area contributed by atoms with Crippen LogP contribution in [0.25, 0.3) is 0 Å². The van der Waals surface area contributed by atoms with Gasteiger partial charge in [0.05, 0.1) is 6.54 Å². The first kappa shape index (κ1) is 13.7. The monoisotopic (exact) mass is 258 g/mol. The van der Waals surface area contributed by atoms with Gasteiger partial charge in [0.1, 0.15) is 12.7 Å². The van der Waals surface area contributed by atoms with Crippen molar-refractivity contribution in [1.29, 1.82) is 0 Å². The number of aryl methyl sites for hydroxylation is 1. The van der Waals surface area contributed by atoms with Gasteiger partial charge in [-0.25, -0.2) is 4.98 Å². The van der Waals surface area contributed by atoms with Gasteiger partial charge in [-0.15, -0.1) is 0 Å². The Morgan fingerprint density at radius 2 is 2.00 bits per heavy atom. The van der Waals surface area contributed by atoms with Crippen molar-refractivity contribution in [3.8, 4) is 0 Å². The molecule has 0 radical (unpaired) electrons. The van der Waals surface area contributed by atoms with Crippen LogP contribution in [0.4, 0.5) is 0 Å². The van der Waals surface area contributed by atoms with Crippen LogP contribution in [0.3, 0.4) is 0 Å². The van der Waals surface area contributed by atoms with Gasteiger partial charge in [0, 0.05) is 12.1 Å². The molecule has 0 aliphatic rings. The topological polar surface area (TPSA) is 42.7 Å². The van der Waals surface area contributed by atoms with Crippen molar-refractivity contribution < 1.29 is 0 Å². The van der Waals surface area contributed by atoms with Gasteiger partial charge < -0.3 is 5.32 Å². The van der Waals surface area contributed by atoms with Crippen molar-refractivity contribution in [2.75, 3.05) is 0 Å². The van der Waals surface area contributed by atoms with E-state index in [0.717, 1.165) is 13.0 Å². The number of nitrogens with one attached hydrogen (secondary N) is 1. The van der Waals surface area contributed by atoms with E-state index < -0.39 is 0 Å². The Balaban J connectivity index is 1.84. The minimum Gasteiger partial charge on any atom is -0.310 e.